The molecule has 2 aromatic carbocycles. The van der Waals surface area contributed by atoms with Gasteiger partial charge in [-0.2, -0.15) is 13.2 Å². The first-order valence-electron chi connectivity index (χ1n) is 9.62. The summed E-state index contributed by atoms with van der Waals surface area (Å²) in [6, 6.07) is 11.0. The number of hydrogen-bond acceptors (Lipinski definition) is 5. The molecule has 0 aliphatic carbocycles. The number of piperidine rings is 1. The zero-order valence-electron chi connectivity index (χ0n) is 16.6. The van der Waals surface area contributed by atoms with Crippen molar-refractivity contribution < 1.29 is 22.3 Å². The third kappa shape index (κ3) is 3.83. The molecule has 160 valence electrons. The molecule has 6 nitrogen and oxygen atoms in total. The largest absolute Gasteiger partial charge is 0.493 e. The topological polar surface area (TPSA) is 59.6 Å². The van der Waals surface area contributed by atoms with Crippen LogP contribution >= 0.6 is 0 Å². The SMILES string of the molecule is COc1cc(Nc2ccc(N3CCC(C(F)(F)F)CC3)cc2)cc2c1oc(=O)n2C. The highest BCUT2D eigenvalue weighted by Crippen LogP contribution is 2.36. The fraction of sp³-hybridized carbons (Fsp3) is 0.381. The average molecular weight is 421 g/mol. The molecule has 1 aliphatic heterocycles. The highest BCUT2D eigenvalue weighted by Gasteiger charge is 2.41. The maximum absolute atomic E-state index is 12.8. The van der Waals surface area contributed by atoms with E-state index in [1.807, 2.05) is 29.2 Å². The van der Waals surface area contributed by atoms with Crippen LogP contribution < -0.4 is 20.7 Å². The molecule has 0 bridgehead atoms. The molecule has 3 aromatic rings. The Morgan fingerprint density at radius 1 is 1.10 bits per heavy atom. The number of aryl methyl sites for hydroxylation is 1. The van der Waals surface area contributed by atoms with Gasteiger partial charge in [-0.25, -0.2) is 4.79 Å². The molecule has 0 radical (unpaired) electrons. The predicted octanol–water partition coefficient (Wildman–Crippen LogP) is 4.66. The van der Waals surface area contributed by atoms with E-state index in [9.17, 15) is 18.0 Å². The third-order valence-corrected chi connectivity index (χ3v) is 5.56. The van der Waals surface area contributed by atoms with Crippen molar-refractivity contribution in [3.63, 3.8) is 0 Å². The lowest BCUT2D eigenvalue weighted by atomic mass is 9.96. The molecule has 1 aliphatic rings. The van der Waals surface area contributed by atoms with Crippen LogP contribution in [0.1, 0.15) is 12.8 Å². The van der Waals surface area contributed by atoms with Crippen LogP contribution in [0.3, 0.4) is 0 Å². The maximum atomic E-state index is 12.8. The normalized spacial score (nSPS) is 15.6. The van der Waals surface area contributed by atoms with Crippen molar-refractivity contribution >= 4 is 28.2 Å². The molecule has 9 heteroatoms. The number of alkyl halides is 3. The third-order valence-electron chi connectivity index (χ3n) is 5.56. The van der Waals surface area contributed by atoms with Crippen LogP contribution in [0, 0.1) is 5.92 Å². The van der Waals surface area contributed by atoms with Crippen molar-refractivity contribution in [3.8, 4) is 5.75 Å². The van der Waals surface area contributed by atoms with Crippen LogP contribution in [0.15, 0.2) is 45.6 Å². The van der Waals surface area contributed by atoms with Gasteiger partial charge in [0, 0.05) is 43.3 Å². The van der Waals surface area contributed by atoms with Crippen molar-refractivity contribution in [2.75, 3.05) is 30.4 Å². The molecule has 1 saturated heterocycles. The monoisotopic (exact) mass is 421 g/mol. The summed E-state index contributed by atoms with van der Waals surface area (Å²) in [7, 11) is 3.12. The lowest BCUT2D eigenvalue weighted by Gasteiger charge is -2.34. The van der Waals surface area contributed by atoms with Gasteiger partial charge in [-0.1, -0.05) is 0 Å². The number of nitrogens with zero attached hydrogens (tertiary/aromatic N) is 2. The van der Waals surface area contributed by atoms with Crippen molar-refractivity contribution in [1.82, 2.24) is 4.57 Å². The maximum Gasteiger partial charge on any atom is 0.419 e. The molecule has 0 unspecified atom stereocenters. The fourth-order valence-electron chi connectivity index (χ4n) is 3.80. The number of rotatable bonds is 4. The van der Waals surface area contributed by atoms with E-state index < -0.39 is 17.9 Å². The quantitative estimate of drug-likeness (QED) is 0.664. The summed E-state index contributed by atoms with van der Waals surface area (Å²) in [6.45, 7) is 0.776. The second-order valence-corrected chi connectivity index (χ2v) is 7.43. The molecule has 0 saturated carbocycles. The number of hydrogen-bond donors (Lipinski definition) is 1. The predicted molar refractivity (Wildman–Crippen MR) is 109 cm³/mol. The minimum absolute atomic E-state index is 0.118. The van der Waals surface area contributed by atoms with Crippen molar-refractivity contribution in [2.45, 2.75) is 19.0 Å². The van der Waals surface area contributed by atoms with E-state index in [1.54, 1.807) is 19.2 Å². The van der Waals surface area contributed by atoms with Gasteiger partial charge in [-0.15, -0.1) is 0 Å². The van der Waals surface area contributed by atoms with Crippen LogP contribution in [0.4, 0.5) is 30.2 Å². The molecular formula is C21H22F3N3O3. The average Bonchev–Trinajstić information content (AvgIpc) is 3.02. The minimum Gasteiger partial charge on any atom is -0.493 e. The van der Waals surface area contributed by atoms with E-state index >= 15 is 0 Å². The van der Waals surface area contributed by atoms with Gasteiger partial charge in [0.15, 0.2) is 11.3 Å². The molecule has 30 heavy (non-hydrogen) atoms. The smallest absolute Gasteiger partial charge is 0.419 e. The summed E-state index contributed by atoms with van der Waals surface area (Å²) in [4.78, 5) is 13.8. The van der Waals surface area contributed by atoms with E-state index in [4.69, 9.17) is 9.15 Å². The van der Waals surface area contributed by atoms with Gasteiger partial charge in [0.1, 0.15) is 0 Å². The second kappa shape index (κ2) is 7.62. The van der Waals surface area contributed by atoms with Crippen LogP contribution in [-0.4, -0.2) is 30.9 Å². The number of benzene rings is 2. The first kappa shape index (κ1) is 20.2. The Balaban J connectivity index is 1.49. The number of methoxy groups -OCH3 is 1. The molecule has 0 atom stereocenters. The highest BCUT2D eigenvalue weighted by molar-refractivity contribution is 5.85. The summed E-state index contributed by atoms with van der Waals surface area (Å²) < 4.78 is 50.5. The number of fused-ring (bicyclic) bond motifs is 1. The molecule has 2 heterocycles. The lowest BCUT2D eigenvalue weighted by Crippen LogP contribution is -2.38. The van der Waals surface area contributed by atoms with Crippen LogP contribution in [0.2, 0.25) is 0 Å². The van der Waals surface area contributed by atoms with E-state index in [-0.39, 0.29) is 12.8 Å². The van der Waals surface area contributed by atoms with Crippen molar-refractivity contribution in [1.29, 1.82) is 0 Å². The second-order valence-electron chi connectivity index (χ2n) is 7.43. The number of oxazole rings is 1. The number of aromatic nitrogens is 1. The Morgan fingerprint density at radius 2 is 1.77 bits per heavy atom. The van der Waals surface area contributed by atoms with E-state index in [2.05, 4.69) is 5.32 Å². The molecule has 1 N–H and O–H groups in total. The Hall–Kier alpha value is -3.10. The summed E-state index contributed by atoms with van der Waals surface area (Å²) in [5, 5.41) is 3.26. The Bertz CT molecular complexity index is 1090. The van der Waals surface area contributed by atoms with Crippen LogP contribution in [0.5, 0.6) is 5.75 Å². The number of halogens is 3. The zero-order valence-corrected chi connectivity index (χ0v) is 16.6. The Kier molecular flexibility index (Phi) is 5.13. The summed E-state index contributed by atoms with van der Waals surface area (Å²) >= 11 is 0. The van der Waals surface area contributed by atoms with Crippen molar-refractivity contribution in [2.24, 2.45) is 13.0 Å². The summed E-state index contributed by atoms with van der Waals surface area (Å²) in [6.07, 6.45) is -3.88. The molecule has 1 aromatic heterocycles. The molecule has 0 amide bonds. The summed E-state index contributed by atoms with van der Waals surface area (Å²) in [5.41, 5.74) is 3.40. The van der Waals surface area contributed by atoms with Gasteiger partial charge in [-0.3, -0.25) is 4.57 Å². The number of nitrogens with one attached hydrogen (secondary N) is 1. The van der Waals surface area contributed by atoms with Gasteiger partial charge in [-0.05, 0) is 43.2 Å². The van der Waals surface area contributed by atoms with Gasteiger partial charge >= 0.3 is 11.9 Å². The van der Waals surface area contributed by atoms with Crippen LogP contribution in [0.25, 0.3) is 11.1 Å². The van der Waals surface area contributed by atoms with Gasteiger partial charge < -0.3 is 19.4 Å². The van der Waals surface area contributed by atoms with Gasteiger partial charge in [0.25, 0.3) is 0 Å². The lowest BCUT2D eigenvalue weighted by molar-refractivity contribution is -0.179. The standard InChI is InChI=1S/C21H22F3N3O3/c1-26-17-11-15(12-18(29-2)19(17)30-20(26)28)25-14-3-5-16(6-4-14)27-9-7-13(8-10-27)21(22,23)24/h3-6,11-13,25H,7-10H2,1-2H3. The first-order valence-corrected chi connectivity index (χ1v) is 9.62. The number of anilines is 3. The minimum atomic E-state index is -4.11. The van der Waals surface area contributed by atoms with Crippen molar-refractivity contribution in [3.05, 3.63) is 46.9 Å². The van der Waals surface area contributed by atoms with E-state index in [0.717, 1.165) is 17.1 Å². The molecule has 0 spiro atoms. The Labute approximate surface area is 170 Å². The molecule has 1 fully saturated rings. The first-order chi connectivity index (χ1) is 14.3. The number of ether oxygens (including phenoxy) is 1. The van der Waals surface area contributed by atoms with Gasteiger partial charge in [0.05, 0.1) is 18.5 Å². The van der Waals surface area contributed by atoms with E-state index in [0.29, 0.717) is 29.9 Å². The zero-order chi connectivity index (χ0) is 21.5. The fourth-order valence-corrected chi connectivity index (χ4v) is 3.80. The Morgan fingerprint density at radius 3 is 2.37 bits per heavy atom. The van der Waals surface area contributed by atoms with E-state index in [1.165, 1.54) is 11.7 Å². The van der Waals surface area contributed by atoms with Crippen LogP contribution in [-0.2, 0) is 7.05 Å². The molecule has 4 rings (SSSR count). The molecular weight excluding hydrogens is 399 g/mol. The highest BCUT2D eigenvalue weighted by atomic mass is 19.4. The van der Waals surface area contributed by atoms with Gasteiger partial charge in [0.2, 0.25) is 0 Å². The summed E-state index contributed by atoms with van der Waals surface area (Å²) in [5.74, 6) is -1.24.